The molecule has 2 heterocycles. The molecule has 0 spiro atoms. The smallest absolute Gasteiger partial charge is 0.124 e. The van der Waals surface area contributed by atoms with Gasteiger partial charge in [0.05, 0.1) is 21.6 Å². The number of para-hydroxylation sites is 1. The molecule has 0 aliphatic carbocycles. The number of hydrogen-bond acceptors (Lipinski definition) is 2. The van der Waals surface area contributed by atoms with E-state index in [0.29, 0.717) is 0 Å². The molecule has 2 nitrogen and oxygen atoms in total. The monoisotopic (exact) mass is 532 g/mol. The molecule has 0 N–H and O–H groups in total. The fourth-order valence-corrected chi connectivity index (χ4v) is 6.19. The lowest BCUT2D eigenvalue weighted by Gasteiger charge is -2.15. The summed E-state index contributed by atoms with van der Waals surface area (Å²) < 4.78 is 3.59. The summed E-state index contributed by atoms with van der Waals surface area (Å²) in [7, 11) is 0. The molecule has 0 aliphatic rings. The third kappa shape index (κ3) is 4.55. The first-order valence-corrected chi connectivity index (χ1v) is 14.4. The van der Waals surface area contributed by atoms with Crippen molar-refractivity contribution in [1.82, 2.24) is 9.55 Å². The van der Waals surface area contributed by atoms with Gasteiger partial charge in [0.25, 0.3) is 0 Å². The second-order valence-electron chi connectivity index (χ2n) is 10.3. The molecule has 7 aromatic rings. The summed E-state index contributed by atoms with van der Waals surface area (Å²) in [4.78, 5) is 4.82. The molecule has 0 bridgehead atoms. The highest BCUT2D eigenvalue weighted by molar-refractivity contribution is 7.21. The highest BCUT2D eigenvalue weighted by Crippen LogP contribution is 2.35. The molecular weight excluding hydrogens is 504 g/mol. The molecule has 192 valence electrons. The topological polar surface area (TPSA) is 17.8 Å². The van der Waals surface area contributed by atoms with Crippen molar-refractivity contribution in [2.45, 2.75) is 13.8 Å². The summed E-state index contributed by atoms with van der Waals surface area (Å²) in [6.07, 6.45) is 0. The van der Waals surface area contributed by atoms with Gasteiger partial charge in [-0.1, -0.05) is 108 Å². The van der Waals surface area contributed by atoms with Crippen LogP contribution in [0.2, 0.25) is 0 Å². The quantitative estimate of drug-likeness (QED) is 0.216. The predicted octanol–water partition coefficient (Wildman–Crippen LogP) is 10.4. The summed E-state index contributed by atoms with van der Waals surface area (Å²) in [6, 6.07) is 48.0. The van der Waals surface area contributed by atoms with E-state index in [1.165, 1.54) is 49.5 Å². The van der Waals surface area contributed by atoms with Crippen LogP contribution in [-0.2, 0) is 0 Å². The number of benzene rings is 5. The van der Waals surface area contributed by atoms with Gasteiger partial charge in [0.1, 0.15) is 5.01 Å². The number of aryl methyl sites for hydroxylation is 2. The van der Waals surface area contributed by atoms with Gasteiger partial charge in [-0.05, 0) is 72.5 Å². The number of nitrogens with zero attached hydrogens (tertiary/aromatic N) is 2. The van der Waals surface area contributed by atoms with Gasteiger partial charge in [-0.15, -0.1) is 11.3 Å². The van der Waals surface area contributed by atoms with E-state index in [-0.39, 0.29) is 0 Å². The lowest BCUT2D eigenvalue weighted by Crippen LogP contribution is -1.99. The van der Waals surface area contributed by atoms with Crippen molar-refractivity contribution in [3.05, 3.63) is 145 Å². The van der Waals surface area contributed by atoms with Gasteiger partial charge in [-0.25, -0.2) is 4.98 Å². The van der Waals surface area contributed by atoms with E-state index in [1.807, 2.05) is 6.07 Å². The predicted molar refractivity (Wildman–Crippen MR) is 170 cm³/mol. The Morgan fingerprint density at radius 2 is 0.950 bits per heavy atom. The minimum absolute atomic E-state index is 1.06. The van der Waals surface area contributed by atoms with Crippen LogP contribution in [0.4, 0.5) is 0 Å². The molecule has 2 aromatic heterocycles. The molecule has 0 fully saturated rings. The van der Waals surface area contributed by atoms with E-state index < -0.39 is 0 Å². The minimum atomic E-state index is 1.06. The van der Waals surface area contributed by atoms with E-state index in [4.69, 9.17) is 4.98 Å². The zero-order valence-corrected chi connectivity index (χ0v) is 23.3. The molecule has 40 heavy (non-hydrogen) atoms. The standard InChI is InChI=1S/C37H28N2S/c1-25-7-11-29(12-8-25)34-23-24-35(30-13-9-26(2)10-14-30)39(34)32-21-19-28(20-22-32)27-15-17-31(18-16-27)37-38-33-5-3-4-6-36(33)40-37/h3-24H,1-2H3. The second-order valence-corrected chi connectivity index (χ2v) is 11.3. The molecule has 0 saturated carbocycles. The highest BCUT2D eigenvalue weighted by atomic mass is 32.1. The molecule has 5 aromatic carbocycles. The molecule has 3 heteroatoms. The molecule has 7 rings (SSSR count). The Morgan fingerprint density at radius 1 is 0.475 bits per heavy atom. The van der Waals surface area contributed by atoms with E-state index >= 15 is 0 Å². The molecular formula is C37H28N2S. The third-order valence-electron chi connectivity index (χ3n) is 7.46. The Bertz CT molecular complexity index is 1830. The molecule has 0 atom stereocenters. The van der Waals surface area contributed by atoms with Gasteiger partial charge in [-0.2, -0.15) is 0 Å². The van der Waals surface area contributed by atoms with Crippen LogP contribution in [0.3, 0.4) is 0 Å². The van der Waals surface area contributed by atoms with Crippen molar-refractivity contribution in [2.75, 3.05) is 0 Å². The first kappa shape index (κ1) is 24.3. The van der Waals surface area contributed by atoms with E-state index in [9.17, 15) is 0 Å². The Morgan fingerprint density at radius 3 is 1.50 bits per heavy atom. The third-order valence-corrected chi connectivity index (χ3v) is 8.55. The Balaban J connectivity index is 1.24. The summed E-state index contributed by atoms with van der Waals surface area (Å²) in [5.74, 6) is 0. The molecule has 0 aliphatic heterocycles. The normalized spacial score (nSPS) is 11.2. The van der Waals surface area contributed by atoms with E-state index in [1.54, 1.807) is 11.3 Å². The Labute approximate surface area is 238 Å². The first-order valence-electron chi connectivity index (χ1n) is 13.5. The summed E-state index contributed by atoms with van der Waals surface area (Å²) in [6.45, 7) is 4.26. The zero-order valence-electron chi connectivity index (χ0n) is 22.5. The molecule has 0 radical (unpaired) electrons. The summed E-state index contributed by atoms with van der Waals surface area (Å²) in [5, 5.41) is 1.06. The van der Waals surface area contributed by atoms with Gasteiger partial charge in [0, 0.05) is 11.3 Å². The first-order chi connectivity index (χ1) is 19.6. The average Bonchev–Trinajstić information content (AvgIpc) is 3.63. The number of rotatable bonds is 5. The maximum Gasteiger partial charge on any atom is 0.124 e. The van der Waals surface area contributed by atoms with Crippen LogP contribution >= 0.6 is 11.3 Å². The SMILES string of the molecule is Cc1ccc(-c2ccc(-c3ccc(C)cc3)n2-c2ccc(-c3ccc(-c4nc5ccccc5s4)cc3)cc2)cc1. The van der Waals surface area contributed by atoms with Crippen molar-refractivity contribution < 1.29 is 0 Å². The Hall–Kier alpha value is -4.73. The number of hydrogen-bond donors (Lipinski definition) is 0. The maximum absolute atomic E-state index is 4.82. The lowest BCUT2D eigenvalue weighted by molar-refractivity contribution is 1.09. The van der Waals surface area contributed by atoms with Crippen LogP contribution in [0, 0.1) is 13.8 Å². The molecule has 0 saturated heterocycles. The zero-order chi connectivity index (χ0) is 27.1. The van der Waals surface area contributed by atoms with Crippen molar-refractivity contribution in [3.63, 3.8) is 0 Å². The fourth-order valence-electron chi connectivity index (χ4n) is 5.22. The Kier molecular flexibility index (Phi) is 6.14. The largest absolute Gasteiger partial charge is 0.309 e. The van der Waals surface area contributed by atoms with Gasteiger partial charge in [0.15, 0.2) is 0 Å². The van der Waals surface area contributed by atoms with Gasteiger partial charge >= 0.3 is 0 Å². The van der Waals surface area contributed by atoms with Gasteiger partial charge in [-0.3, -0.25) is 0 Å². The number of aromatic nitrogens is 2. The van der Waals surface area contributed by atoms with Crippen LogP contribution < -0.4 is 0 Å². The van der Waals surface area contributed by atoms with E-state index in [2.05, 4.69) is 146 Å². The van der Waals surface area contributed by atoms with Crippen LogP contribution in [0.1, 0.15) is 11.1 Å². The number of fused-ring (bicyclic) bond motifs is 1. The molecule has 0 unspecified atom stereocenters. The van der Waals surface area contributed by atoms with Crippen LogP contribution in [0.15, 0.2) is 133 Å². The van der Waals surface area contributed by atoms with Crippen LogP contribution in [-0.4, -0.2) is 9.55 Å². The average molecular weight is 533 g/mol. The van der Waals surface area contributed by atoms with Crippen molar-refractivity contribution in [1.29, 1.82) is 0 Å². The minimum Gasteiger partial charge on any atom is -0.309 e. The van der Waals surface area contributed by atoms with Gasteiger partial charge in [0.2, 0.25) is 0 Å². The van der Waals surface area contributed by atoms with Crippen LogP contribution in [0.25, 0.3) is 60.1 Å². The maximum atomic E-state index is 4.82. The lowest BCUT2D eigenvalue weighted by atomic mass is 10.0. The fraction of sp³-hybridized carbons (Fsp3) is 0.0541. The second kappa shape index (κ2) is 10.1. The number of thiazole rings is 1. The van der Waals surface area contributed by atoms with Crippen LogP contribution in [0.5, 0.6) is 0 Å². The molecule has 0 amide bonds. The summed E-state index contributed by atoms with van der Waals surface area (Å²) in [5.41, 5.74) is 13.1. The van der Waals surface area contributed by atoms with Gasteiger partial charge < -0.3 is 4.57 Å². The van der Waals surface area contributed by atoms with Crippen molar-refractivity contribution >= 4 is 21.6 Å². The van der Waals surface area contributed by atoms with Crippen molar-refractivity contribution in [2.24, 2.45) is 0 Å². The van der Waals surface area contributed by atoms with E-state index in [0.717, 1.165) is 21.8 Å². The summed E-state index contributed by atoms with van der Waals surface area (Å²) >= 11 is 1.74. The van der Waals surface area contributed by atoms with Crippen molar-refractivity contribution in [3.8, 4) is 49.9 Å². The highest BCUT2D eigenvalue weighted by Gasteiger charge is 2.14.